The van der Waals surface area contributed by atoms with Gasteiger partial charge in [0.15, 0.2) is 0 Å². The Morgan fingerprint density at radius 2 is 1.78 bits per heavy atom. The summed E-state index contributed by atoms with van der Waals surface area (Å²) in [6.07, 6.45) is 0. The zero-order chi connectivity index (χ0) is 16.1. The first-order valence-corrected chi connectivity index (χ1v) is 7.82. The molecule has 0 N–H and O–H groups in total. The molecule has 0 unspecified atom stereocenters. The fourth-order valence-corrected chi connectivity index (χ4v) is 2.81. The van der Waals surface area contributed by atoms with E-state index in [0.29, 0.717) is 13.2 Å². The molecule has 1 atom stereocenters. The van der Waals surface area contributed by atoms with Gasteiger partial charge in [0.05, 0.1) is 12.6 Å². The minimum atomic E-state index is -0.184. The molecule has 2 aromatic carbocycles. The molecule has 0 aromatic heterocycles. The van der Waals surface area contributed by atoms with Gasteiger partial charge < -0.3 is 9.47 Å². The van der Waals surface area contributed by atoms with E-state index in [1.165, 1.54) is 4.90 Å². The van der Waals surface area contributed by atoms with Gasteiger partial charge in [-0.05, 0) is 23.3 Å². The SMILES string of the molecule is O=C(COCc1ccccc1)N1C(=S)OC[C@@H]1c1ccccc1. The zero-order valence-electron chi connectivity index (χ0n) is 12.6. The molecule has 1 saturated heterocycles. The number of thiocarbonyl (C=S) groups is 1. The average Bonchev–Trinajstić information content (AvgIpc) is 2.98. The van der Waals surface area contributed by atoms with Gasteiger partial charge in [-0.2, -0.15) is 0 Å². The van der Waals surface area contributed by atoms with Crippen LogP contribution < -0.4 is 0 Å². The number of rotatable bonds is 5. The van der Waals surface area contributed by atoms with Crippen LogP contribution in [0.25, 0.3) is 0 Å². The number of carbonyl (C=O) groups excluding carboxylic acids is 1. The first-order valence-electron chi connectivity index (χ1n) is 7.41. The number of hydrogen-bond donors (Lipinski definition) is 0. The quantitative estimate of drug-likeness (QED) is 0.791. The van der Waals surface area contributed by atoms with Crippen LogP contribution in [-0.4, -0.2) is 29.2 Å². The largest absolute Gasteiger partial charge is 0.468 e. The molecular formula is C18H17NO3S. The molecule has 1 amide bonds. The van der Waals surface area contributed by atoms with E-state index >= 15 is 0 Å². The van der Waals surface area contributed by atoms with Crippen LogP contribution in [0.2, 0.25) is 0 Å². The molecule has 0 saturated carbocycles. The van der Waals surface area contributed by atoms with Crippen molar-refractivity contribution in [3.05, 3.63) is 71.8 Å². The number of ether oxygens (including phenoxy) is 2. The molecule has 118 valence electrons. The monoisotopic (exact) mass is 327 g/mol. The third-order valence-corrected chi connectivity index (χ3v) is 3.98. The second-order valence-corrected chi connectivity index (χ2v) is 5.59. The maximum absolute atomic E-state index is 12.5. The molecule has 1 aliphatic heterocycles. The number of hydrogen-bond acceptors (Lipinski definition) is 4. The maximum Gasteiger partial charge on any atom is 0.266 e. The summed E-state index contributed by atoms with van der Waals surface area (Å²) in [5.41, 5.74) is 2.03. The van der Waals surface area contributed by atoms with E-state index in [4.69, 9.17) is 21.7 Å². The van der Waals surface area contributed by atoms with Crippen molar-refractivity contribution in [1.82, 2.24) is 4.90 Å². The van der Waals surface area contributed by atoms with Crippen LogP contribution in [-0.2, 0) is 20.9 Å². The Hall–Kier alpha value is -2.24. The van der Waals surface area contributed by atoms with Gasteiger partial charge in [0.2, 0.25) is 0 Å². The molecule has 23 heavy (non-hydrogen) atoms. The minimum Gasteiger partial charge on any atom is -0.468 e. The van der Waals surface area contributed by atoms with Gasteiger partial charge in [0.25, 0.3) is 11.1 Å². The van der Waals surface area contributed by atoms with Crippen molar-refractivity contribution in [2.75, 3.05) is 13.2 Å². The summed E-state index contributed by atoms with van der Waals surface area (Å²) in [5, 5.41) is 0.215. The molecule has 1 heterocycles. The summed E-state index contributed by atoms with van der Waals surface area (Å²) < 4.78 is 10.9. The van der Waals surface area contributed by atoms with Crippen LogP contribution in [0.3, 0.4) is 0 Å². The van der Waals surface area contributed by atoms with Gasteiger partial charge >= 0.3 is 0 Å². The number of nitrogens with zero attached hydrogens (tertiary/aromatic N) is 1. The summed E-state index contributed by atoms with van der Waals surface area (Å²) >= 11 is 5.16. The fourth-order valence-electron chi connectivity index (χ4n) is 2.52. The Morgan fingerprint density at radius 3 is 2.48 bits per heavy atom. The van der Waals surface area contributed by atoms with Crippen molar-refractivity contribution < 1.29 is 14.3 Å². The van der Waals surface area contributed by atoms with E-state index in [1.807, 2.05) is 60.7 Å². The Balaban J connectivity index is 1.62. The van der Waals surface area contributed by atoms with Crippen molar-refractivity contribution in [3.8, 4) is 0 Å². The molecular weight excluding hydrogens is 310 g/mol. The van der Waals surface area contributed by atoms with Crippen molar-refractivity contribution in [2.24, 2.45) is 0 Å². The van der Waals surface area contributed by atoms with Crippen molar-refractivity contribution in [1.29, 1.82) is 0 Å². The van der Waals surface area contributed by atoms with Crippen molar-refractivity contribution >= 4 is 23.3 Å². The highest BCUT2D eigenvalue weighted by atomic mass is 32.1. The second kappa shape index (κ2) is 7.35. The standard InChI is InChI=1S/C18H17NO3S/c20-17(13-21-11-14-7-3-1-4-8-14)19-16(12-22-18(19)23)15-9-5-2-6-10-15/h1-10,16H,11-13H2/t16-/m1/s1. The van der Waals surface area contributed by atoms with E-state index in [0.717, 1.165) is 11.1 Å². The lowest BCUT2D eigenvalue weighted by molar-refractivity contribution is -0.133. The third-order valence-electron chi connectivity index (χ3n) is 3.66. The minimum absolute atomic E-state index is 0.0261. The number of carbonyl (C=O) groups is 1. The summed E-state index contributed by atoms with van der Waals surface area (Å²) in [6, 6.07) is 19.3. The highest BCUT2D eigenvalue weighted by Gasteiger charge is 2.35. The first kappa shape index (κ1) is 15.6. The van der Waals surface area contributed by atoms with Crippen molar-refractivity contribution in [3.63, 3.8) is 0 Å². The van der Waals surface area contributed by atoms with Gasteiger partial charge in [-0.3, -0.25) is 9.69 Å². The van der Waals surface area contributed by atoms with Gasteiger partial charge in [0, 0.05) is 0 Å². The number of amides is 1. The normalized spacial score (nSPS) is 17.1. The van der Waals surface area contributed by atoms with Crippen LogP contribution >= 0.6 is 12.2 Å². The topological polar surface area (TPSA) is 38.8 Å². The lowest BCUT2D eigenvalue weighted by Gasteiger charge is -2.21. The molecule has 0 spiro atoms. The predicted octanol–water partition coefficient (Wildman–Crippen LogP) is 3.09. The summed E-state index contributed by atoms with van der Waals surface area (Å²) in [7, 11) is 0. The Labute approximate surface area is 140 Å². The lowest BCUT2D eigenvalue weighted by atomic mass is 10.1. The molecule has 3 rings (SSSR count). The van der Waals surface area contributed by atoms with E-state index in [-0.39, 0.29) is 23.7 Å². The van der Waals surface area contributed by atoms with E-state index in [9.17, 15) is 4.79 Å². The molecule has 0 aliphatic carbocycles. The molecule has 1 fully saturated rings. The first-order chi connectivity index (χ1) is 11.3. The molecule has 0 bridgehead atoms. The average molecular weight is 327 g/mol. The van der Waals surface area contributed by atoms with Gasteiger partial charge in [-0.15, -0.1) is 0 Å². The lowest BCUT2D eigenvalue weighted by Crippen LogP contribution is -2.36. The maximum atomic E-state index is 12.5. The third kappa shape index (κ3) is 3.75. The van der Waals surface area contributed by atoms with Crippen LogP contribution in [0.15, 0.2) is 60.7 Å². The molecule has 2 aromatic rings. The summed E-state index contributed by atoms with van der Waals surface area (Å²) in [4.78, 5) is 14.0. The van der Waals surface area contributed by atoms with Gasteiger partial charge in [-0.1, -0.05) is 60.7 Å². The van der Waals surface area contributed by atoms with E-state index < -0.39 is 0 Å². The smallest absolute Gasteiger partial charge is 0.266 e. The highest BCUT2D eigenvalue weighted by Crippen LogP contribution is 2.27. The highest BCUT2D eigenvalue weighted by molar-refractivity contribution is 7.80. The van der Waals surface area contributed by atoms with E-state index in [1.54, 1.807) is 0 Å². The van der Waals surface area contributed by atoms with Crippen molar-refractivity contribution in [2.45, 2.75) is 12.6 Å². The Bertz CT molecular complexity index is 675. The number of benzene rings is 2. The van der Waals surface area contributed by atoms with Gasteiger partial charge in [-0.25, -0.2) is 0 Å². The van der Waals surface area contributed by atoms with Crippen LogP contribution in [0.4, 0.5) is 0 Å². The molecule has 1 aliphatic rings. The zero-order valence-corrected chi connectivity index (χ0v) is 13.4. The fraction of sp³-hybridized carbons (Fsp3) is 0.222. The van der Waals surface area contributed by atoms with Crippen LogP contribution in [0, 0.1) is 0 Å². The molecule has 4 nitrogen and oxygen atoms in total. The van der Waals surface area contributed by atoms with Gasteiger partial charge in [0.1, 0.15) is 13.2 Å². The second-order valence-electron chi connectivity index (χ2n) is 5.25. The summed E-state index contributed by atoms with van der Waals surface area (Å²) in [6.45, 7) is 0.749. The van der Waals surface area contributed by atoms with Crippen LogP contribution in [0.5, 0.6) is 0 Å². The van der Waals surface area contributed by atoms with Crippen LogP contribution in [0.1, 0.15) is 17.2 Å². The molecule has 5 heteroatoms. The molecule has 0 radical (unpaired) electrons. The predicted molar refractivity (Wildman–Crippen MR) is 90.7 cm³/mol. The van der Waals surface area contributed by atoms with E-state index in [2.05, 4.69) is 0 Å². The summed E-state index contributed by atoms with van der Waals surface area (Å²) in [5.74, 6) is -0.183. The Morgan fingerprint density at radius 1 is 1.13 bits per heavy atom. The Kier molecular flexibility index (Phi) is 5.00.